The van der Waals surface area contributed by atoms with Crippen LogP contribution in [0.1, 0.15) is 31.5 Å². The third-order valence-corrected chi connectivity index (χ3v) is 3.93. The second-order valence-electron chi connectivity index (χ2n) is 5.71. The molecule has 7 nitrogen and oxygen atoms in total. The van der Waals surface area contributed by atoms with Crippen molar-refractivity contribution in [1.29, 1.82) is 0 Å². The van der Waals surface area contributed by atoms with Gasteiger partial charge in [0.25, 0.3) is 5.78 Å². The molecule has 0 atom stereocenters. The van der Waals surface area contributed by atoms with Crippen LogP contribution >= 0.6 is 0 Å². The molecule has 21 heavy (non-hydrogen) atoms. The monoisotopic (exact) mass is 283 g/mol. The van der Waals surface area contributed by atoms with Crippen molar-refractivity contribution in [3.8, 4) is 0 Å². The van der Waals surface area contributed by atoms with Gasteiger partial charge in [-0.2, -0.15) is 19.7 Å². The summed E-state index contributed by atoms with van der Waals surface area (Å²) in [6.45, 7) is 6.14. The van der Waals surface area contributed by atoms with Crippen LogP contribution in [0.4, 0.5) is 5.82 Å². The average molecular weight is 283 g/mol. The van der Waals surface area contributed by atoms with Crippen molar-refractivity contribution in [3.05, 3.63) is 36.5 Å². The van der Waals surface area contributed by atoms with Crippen LogP contribution in [0.2, 0.25) is 0 Å². The summed E-state index contributed by atoms with van der Waals surface area (Å²) >= 11 is 0. The molecule has 1 saturated heterocycles. The lowest BCUT2D eigenvalue weighted by atomic mass is 10.1. The summed E-state index contributed by atoms with van der Waals surface area (Å²) in [4.78, 5) is 11.1. The topological polar surface area (TPSA) is 64.1 Å². The van der Waals surface area contributed by atoms with Crippen LogP contribution in [0.15, 0.2) is 30.9 Å². The van der Waals surface area contributed by atoms with Gasteiger partial charge in [0.15, 0.2) is 0 Å². The lowest BCUT2D eigenvalue weighted by Crippen LogP contribution is -2.48. The van der Waals surface area contributed by atoms with Gasteiger partial charge in [-0.25, -0.2) is 4.98 Å². The van der Waals surface area contributed by atoms with Crippen LogP contribution in [-0.2, 0) is 0 Å². The van der Waals surface area contributed by atoms with Gasteiger partial charge in [0.2, 0.25) is 0 Å². The molecule has 0 radical (unpaired) electrons. The molecule has 0 amide bonds. The zero-order chi connectivity index (χ0) is 14.4. The van der Waals surface area contributed by atoms with Gasteiger partial charge < -0.3 is 4.90 Å². The Labute approximate surface area is 122 Å². The number of aromatic nitrogens is 6. The van der Waals surface area contributed by atoms with E-state index in [1.165, 1.54) is 0 Å². The van der Waals surface area contributed by atoms with Crippen molar-refractivity contribution in [2.45, 2.75) is 25.8 Å². The molecule has 0 aromatic carbocycles. The van der Waals surface area contributed by atoms with Gasteiger partial charge >= 0.3 is 0 Å². The molecule has 1 aliphatic heterocycles. The van der Waals surface area contributed by atoms with E-state index in [1.807, 2.05) is 27.7 Å². The summed E-state index contributed by atoms with van der Waals surface area (Å²) in [6, 6.07) is 4.50. The van der Waals surface area contributed by atoms with E-state index in [0.29, 0.717) is 17.7 Å². The molecule has 0 N–H and O–H groups in total. The normalized spacial score (nSPS) is 15.9. The summed E-state index contributed by atoms with van der Waals surface area (Å²) in [6.07, 6.45) is 5.39. The van der Waals surface area contributed by atoms with Crippen molar-refractivity contribution in [3.63, 3.8) is 0 Å². The molecule has 1 fully saturated rings. The minimum Gasteiger partial charge on any atom is -0.352 e. The Morgan fingerprint density at radius 3 is 2.81 bits per heavy atom. The Kier molecular flexibility index (Phi) is 2.66. The number of nitrogens with zero attached hydrogens (tertiary/aromatic N) is 7. The minimum absolute atomic E-state index is 0.369. The van der Waals surface area contributed by atoms with Gasteiger partial charge in [-0.3, -0.25) is 4.68 Å². The Morgan fingerprint density at radius 2 is 2.10 bits per heavy atom. The third-order valence-electron chi connectivity index (χ3n) is 3.93. The van der Waals surface area contributed by atoms with E-state index in [4.69, 9.17) is 0 Å². The molecular weight excluding hydrogens is 266 g/mol. The fourth-order valence-electron chi connectivity index (χ4n) is 2.64. The molecule has 0 aliphatic carbocycles. The van der Waals surface area contributed by atoms with Gasteiger partial charge in [0.05, 0.1) is 11.7 Å². The maximum atomic E-state index is 4.55. The maximum Gasteiger partial charge on any atom is 0.254 e. The molecule has 0 bridgehead atoms. The van der Waals surface area contributed by atoms with E-state index < -0.39 is 0 Å². The van der Waals surface area contributed by atoms with E-state index in [1.54, 1.807) is 6.33 Å². The summed E-state index contributed by atoms with van der Waals surface area (Å²) in [5.41, 5.74) is 1.05. The smallest absolute Gasteiger partial charge is 0.254 e. The van der Waals surface area contributed by atoms with Crippen LogP contribution in [0.25, 0.3) is 5.78 Å². The van der Waals surface area contributed by atoms with Crippen LogP contribution in [0, 0.1) is 0 Å². The average Bonchev–Trinajstić information content (AvgIpc) is 3.06. The number of rotatable bonds is 3. The number of fused-ring (bicyclic) bond motifs is 1. The van der Waals surface area contributed by atoms with E-state index in [9.17, 15) is 0 Å². The first-order chi connectivity index (χ1) is 10.2. The predicted octanol–water partition coefficient (Wildman–Crippen LogP) is 1.51. The highest BCUT2D eigenvalue weighted by Gasteiger charge is 2.31. The molecule has 3 aromatic heterocycles. The summed E-state index contributed by atoms with van der Waals surface area (Å²) in [5.74, 6) is 2.09. The first-order valence-electron chi connectivity index (χ1n) is 7.17. The third kappa shape index (κ3) is 1.96. The van der Waals surface area contributed by atoms with E-state index >= 15 is 0 Å². The Balaban J connectivity index is 1.66. The zero-order valence-corrected chi connectivity index (χ0v) is 12.1. The maximum absolute atomic E-state index is 4.55. The van der Waals surface area contributed by atoms with Gasteiger partial charge in [-0.15, -0.1) is 0 Å². The minimum atomic E-state index is 0.369. The second kappa shape index (κ2) is 4.54. The molecule has 4 rings (SSSR count). The fourth-order valence-corrected chi connectivity index (χ4v) is 2.64. The molecule has 7 heteroatoms. The largest absolute Gasteiger partial charge is 0.352 e. The highest BCUT2D eigenvalue weighted by Crippen LogP contribution is 2.29. The van der Waals surface area contributed by atoms with E-state index in [-0.39, 0.29) is 0 Å². The van der Waals surface area contributed by atoms with Gasteiger partial charge in [0.1, 0.15) is 12.1 Å². The van der Waals surface area contributed by atoms with E-state index in [0.717, 1.165) is 24.6 Å². The lowest BCUT2D eigenvalue weighted by Gasteiger charge is -2.40. The molecule has 0 saturated carbocycles. The van der Waals surface area contributed by atoms with Crippen LogP contribution in [-0.4, -0.2) is 42.5 Å². The standard InChI is InChI=1S/C14H17N7/c1-10(2)12-6-13(21-14(18-12)15-9-17-21)19-7-11(8-19)20-5-3-4-16-20/h3-6,9-11H,7-8H2,1-2H3. The van der Waals surface area contributed by atoms with Gasteiger partial charge in [0, 0.05) is 31.5 Å². The molecule has 0 unspecified atom stereocenters. The first kappa shape index (κ1) is 12.3. The molecule has 4 heterocycles. The van der Waals surface area contributed by atoms with E-state index in [2.05, 4.69) is 45.0 Å². The highest BCUT2D eigenvalue weighted by atomic mass is 15.4. The molecule has 3 aromatic rings. The Morgan fingerprint density at radius 1 is 1.24 bits per heavy atom. The number of hydrogen-bond acceptors (Lipinski definition) is 5. The molecule has 108 valence electrons. The summed E-state index contributed by atoms with van der Waals surface area (Å²) in [7, 11) is 0. The van der Waals surface area contributed by atoms with Gasteiger partial charge in [-0.05, 0) is 12.0 Å². The SMILES string of the molecule is CC(C)c1cc(N2CC(n3cccn3)C2)n2ncnc2n1. The predicted molar refractivity (Wildman–Crippen MR) is 78.3 cm³/mol. The Hall–Kier alpha value is -2.44. The number of hydrogen-bond donors (Lipinski definition) is 0. The first-order valence-corrected chi connectivity index (χ1v) is 7.17. The quantitative estimate of drug-likeness (QED) is 0.729. The zero-order valence-electron chi connectivity index (χ0n) is 12.1. The second-order valence-corrected chi connectivity index (χ2v) is 5.71. The molecule has 0 spiro atoms. The van der Waals surface area contributed by atoms with Crippen LogP contribution in [0.5, 0.6) is 0 Å². The number of anilines is 1. The molecular formula is C14H17N7. The van der Waals surface area contributed by atoms with Crippen molar-refractivity contribution in [2.75, 3.05) is 18.0 Å². The summed E-state index contributed by atoms with van der Waals surface area (Å²) in [5, 5.41) is 8.60. The van der Waals surface area contributed by atoms with Crippen molar-refractivity contribution >= 4 is 11.6 Å². The molecule has 1 aliphatic rings. The lowest BCUT2D eigenvalue weighted by molar-refractivity contribution is 0.364. The van der Waals surface area contributed by atoms with Crippen molar-refractivity contribution in [1.82, 2.24) is 29.4 Å². The van der Waals surface area contributed by atoms with Crippen molar-refractivity contribution in [2.24, 2.45) is 0 Å². The van der Waals surface area contributed by atoms with Crippen LogP contribution < -0.4 is 4.90 Å². The fraction of sp³-hybridized carbons (Fsp3) is 0.429. The Bertz CT molecular complexity index is 753. The van der Waals surface area contributed by atoms with Crippen LogP contribution in [0.3, 0.4) is 0 Å². The summed E-state index contributed by atoms with van der Waals surface area (Å²) < 4.78 is 3.82. The highest BCUT2D eigenvalue weighted by molar-refractivity contribution is 5.50. The van der Waals surface area contributed by atoms with Gasteiger partial charge in [-0.1, -0.05) is 13.8 Å². The van der Waals surface area contributed by atoms with Crippen molar-refractivity contribution < 1.29 is 0 Å².